The average Bonchev–Trinajstić information content (AvgIpc) is 2.28. The molecule has 0 saturated carbocycles. The number of hydrogen-bond acceptors (Lipinski definition) is 2. The second-order valence-electron chi connectivity index (χ2n) is 4.90. The molecule has 2 N–H and O–H groups in total. The van der Waals surface area contributed by atoms with Crippen LogP contribution in [0.4, 0.5) is 4.39 Å². The molecule has 1 aromatic rings. The lowest BCUT2D eigenvalue weighted by atomic mass is 10.1. The fourth-order valence-electron chi connectivity index (χ4n) is 1.93. The Labute approximate surface area is 109 Å². The predicted molar refractivity (Wildman–Crippen MR) is 73.5 cm³/mol. The molecular weight excluding hydrogens is 227 g/mol. The summed E-state index contributed by atoms with van der Waals surface area (Å²) in [6.07, 6.45) is 0. The van der Waals surface area contributed by atoms with Gasteiger partial charge in [-0.1, -0.05) is 31.8 Å². The van der Waals surface area contributed by atoms with Gasteiger partial charge in [-0.3, -0.25) is 0 Å². The Bertz CT molecular complexity index is 444. The van der Waals surface area contributed by atoms with Gasteiger partial charge in [-0.25, -0.2) is 4.39 Å². The Balaban J connectivity index is 2.87. The highest BCUT2D eigenvalue weighted by atomic mass is 19.1. The molecule has 0 unspecified atom stereocenters. The lowest BCUT2D eigenvalue weighted by Crippen LogP contribution is -2.23. The van der Waals surface area contributed by atoms with Crippen LogP contribution < -0.4 is 5.73 Å². The molecule has 0 atom stereocenters. The van der Waals surface area contributed by atoms with Crippen LogP contribution in [0.25, 0.3) is 0 Å². The van der Waals surface area contributed by atoms with Crippen LogP contribution >= 0.6 is 0 Å². The fourth-order valence-corrected chi connectivity index (χ4v) is 1.93. The van der Waals surface area contributed by atoms with E-state index in [1.54, 1.807) is 6.07 Å². The lowest BCUT2D eigenvalue weighted by molar-refractivity contribution is 0.288. The minimum Gasteiger partial charge on any atom is -0.320 e. The standard InChI is InChI=1S/C15H21FN2/c1-12(2)10-18(3)11-14-6-7-15(16)9-13(14)5-4-8-17/h6-7,9,12H,8,10-11,17H2,1-3H3. The van der Waals surface area contributed by atoms with Crippen LogP contribution in [0.1, 0.15) is 25.0 Å². The normalized spacial score (nSPS) is 10.6. The van der Waals surface area contributed by atoms with Crippen molar-refractivity contribution in [1.82, 2.24) is 4.90 Å². The summed E-state index contributed by atoms with van der Waals surface area (Å²) in [5.41, 5.74) is 7.13. The second kappa shape index (κ2) is 7.15. The Kier molecular flexibility index (Phi) is 5.84. The van der Waals surface area contributed by atoms with E-state index in [0.717, 1.165) is 24.2 Å². The highest BCUT2D eigenvalue weighted by Gasteiger charge is 2.07. The van der Waals surface area contributed by atoms with Crippen LogP contribution in [0, 0.1) is 23.6 Å². The highest BCUT2D eigenvalue weighted by molar-refractivity contribution is 5.41. The molecule has 0 aliphatic rings. The van der Waals surface area contributed by atoms with Gasteiger partial charge in [0, 0.05) is 18.7 Å². The molecule has 1 rings (SSSR count). The maximum absolute atomic E-state index is 13.2. The quantitative estimate of drug-likeness (QED) is 0.828. The summed E-state index contributed by atoms with van der Waals surface area (Å²) < 4.78 is 13.2. The van der Waals surface area contributed by atoms with Crippen molar-refractivity contribution in [2.24, 2.45) is 11.7 Å². The molecule has 0 radical (unpaired) electrons. The van der Waals surface area contributed by atoms with Gasteiger partial charge in [0.2, 0.25) is 0 Å². The van der Waals surface area contributed by atoms with Crippen LogP contribution in [0.2, 0.25) is 0 Å². The van der Waals surface area contributed by atoms with Gasteiger partial charge in [0.15, 0.2) is 0 Å². The van der Waals surface area contributed by atoms with Crippen molar-refractivity contribution >= 4 is 0 Å². The predicted octanol–water partition coefficient (Wildman–Crippen LogP) is 2.22. The molecule has 0 fully saturated rings. The second-order valence-corrected chi connectivity index (χ2v) is 4.90. The molecule has 98 valence electrons. The van der Waals surface area contributed by atoms with Gasteiger partial charge < -0.3 is 10.6 Å². The number of nitrogens with two attached hydrogens (primary N) is 1. The summed E-state index contributed by atoms with van der Waals surface area (Å²) in [5.74, 6) is 6.06. The summed E-state index contributed by atoms with van der Waals surface area (Å²) in [5, 5.41) is 0. The zero-order valence-corrected chi connectivity index (χ0v) is 11.3. The smallest absolute Gasteiger partial charge is 0.124 e. The lowest BCUT2D eigenvalue weighted by Gasteiger charge is -2.19. The number of benzene rings is 1. The Morgan fingerprint density at radius 2 is 2.11 bits per heavy atom. The SMILES string of the molecule is CC(C)CN(C)Cc1ccc(F)cc1C#CCN. The highest BCUT2D eigenvalue weighted by Crippen LogP contribution is 2.13. The van der Waals surface area contributed by atoms with E-state index in [0.29, 0.717) is 5.92 Å². The maximum atomic E-state index is 13.2. The molecule has 0 saturated heterocycles. The minimum absolute atomic E-state index is 0.258. The van der Waals surface area contributed by atoms with Crippen molar-refractivity contribution < 1.29 is 4.39 Å². The Morgan fingerprint density at radius 1 is 1.39 bits per heavy atom. The van der Waals surface area contributed by atoms with Crippen molar-refractivity contribution in [3.05, 3.63) is 35.1 Å². The van der Waals surface area contributed by atoms with Crippen LogP contribution in [-0.2, 0) is 6.54 Å². The molecule has 0 heterocycles. The summed E-state index contributed by atoms with van der Waals surface area (Å²) in [6, 6.07) is 4.75. The van der Waals surface area contributed by atoms with Crippen LogP contribution in [-0.4, -0.2) is 25.0 Å². The van der Waals surface area contributed by atoms with Gasteiger partial charge in [0.25, 0.3) is 0 Å². The molecule has 0 bridgehead atoms. The van der Waals surface area contributed by atoms with E-state index in [2.05, 4.69) is 37.6 Å². The molecule has 2 nitrogen and oxygen atoms in total. The van der Waals surface area contributed by atoms with E-state index in [4.69, 9.17) is 5.73 Å². The molecular formula is C15H21FN2. The van der Waals surface area contributed by atoms with Crippen LogP contribution in [0.15, 0.2) is 18.2 Å². The third-order valence-electron chi connectivity index (χ3n) is 2.51. The first-order chi connectivity index (χ1) is 8.52. The van der Waals surface area contributed by atoms with E-state index in [1.807, 2.05) is 0 Å². The summed E-state index contributed by atoms with van der Waals surface area (Å²) in [7, 11) is 2.06. The third kappa shape index (κ3) is 4.87. The molecule has 0 spiro atoms. The molecule has 1 aromatic carbocycles. The topological polar surface area (TPSA) is 29.3 Å². The fraction of sp³-hybridized carbons (Fsp3) is 0.467. The number of hydrogen-bond donors (Lipinski definition) is 1. The van der Waals surface area contributed by atoms with E-state index >= 15 is 0 Å². The van der Waals surface area contributed by atoms with Gasteiger partial charge in [-0.05, 0) is 30.7 Å². The molecule has 3 heteroatoms. The molecule has 0 aromatic heterocycles. The van der Waals surface area contributed by atoms with Gasteiger partial charge >= 0.3 is 0 Å². The number of rotatable bonds is 4. The first kappa shape index (κ1) is 14.7. The zero-order valence-electron chi connectivity index (χ0n) is 11.3. The first-order valence-corrected chi connectivity index (χ1v) is 6.18. The zero-order chi connectivity index (χ0) is 13.5. The van der Waals surface area contributed by atoms with E-state index in [1.165, 1.54) is 12.1 Å². The monoisotopic (exact) mass is 248 g/mol. The summed E-state index contributed by atoms with van der Waals surface area (Å²) in [4.78, 5) is 2.21. The van der Waals surface area contributed by atoms with Crippen molar-refractivity contribution in [3.63, 3.8) is 0 Å². The summed E-state index contributed by atoms with van der Waals surface area (Å²) >= 11 is 0. The average molecular weight is 248 g/mol. The van der Waals surface area contributed by atoms with Gasteiger partial charge in [0.05, 0.1) is 6.54 Å². The van der Waals surface area contributed by atoms with Gasteiger partial charge in [-0.15, -0.1) is 0 Å². The van der Waals surface area contributed by atoms with Crippen LogP contribution in [0.5, 0.6) is 0 Å². The Hall–Kier alpha value is -1.37. The largest absolute Gasteiger partial charge is 0.320 e. The van der Waals surface area contributed by atoms with Crippen molar-refractivity contribution in [1.29, 1.82) is 0 Å². The number of nitrogens with zero attached hydrogens (tertiary/aromatic N) is 1. The van der Waals surface area contributed by atoms with E-state index in [-0.39, 0.29) is 12.4 Å². The first-order valence-electron chi connectivity index (χ1n) is 6.18. The Morgan fingerprint density at radius 3 is 2.72 bits per heavy atom. The molecule has 0 aliphatic carbocycles. The van der Waals surface area contributed by atoms with E-state index < -0.39 is 0 Å². The van der Waals surface area contributed by atoms with Crippen molar-refractivity contribution in [3.8, 4) is 11.8 Å². The number of halogens is 1. The molecule has 18 heavy (non-hydrogen) atoms. The molecule has 0 amide bonds. The van der Waals surface area contributed by atoms with Crippen molar-refractivity contribution in [2.75, 3.05) is 20.1 Å². The van der Waals surface area contributed by atoms with E-state index in [9.17, 15) is 4.39 Å². The third-order valence-corrected chi connectivity index (χ3v) is 2.51. The molecule has 0 aliphatic heterocycles. The maximum Gasteiger partial charge on any atom is 0.124 e. The van der Waals surface area contributed by atoms with Crippen molar-refractivity contribution in [2.45, 2.75) is 20.4 Å². The van der Waals surface area contributed by atoms with Crippen LogP contribution in [0.3, 0.4) is 0 Å². The minimum atomic E-state index is -0.258. The summed E-state index contributed by atoms with van der Waals surface area (Å²) in [6.45, 7) is 6.42. The van der Waals surface area contributed by atoms with Gasteiger partial charge in [-0.2, -0.15) is 0 Å². The van der Waals surface area contributed by atoms with Gasteiger partial charge in [0.1, 0.15) is 5.82 Å².